The average Bonchev–Trinajstić information content (AvgIpc) is 2.81. The molecule has 2 rings (SSSR count). The number of nitrogens with zero attached hydrogens (tertiary/aromatic N) is 1. The molecule has 94 valence electrons. The number of carboxylic acids is 1. The van der Waals surface area contributed by atoms with E-state index in [0.29, 0.717) is 16.9 Å². The number of ether oxygens (including phenoxy) is 1. The highest BCUT2D eigenvalue weighted by Gasteiger charge is 2.16. The van der Waals surface area contributed by atoms with Crippen molar-refractivity contribution in [3.63, 3.8) is 0 Å². The van der Waals surface area contributed by atoms with Crippen LogP contribution < -0.4 is 4.74 Å². The van der Waals surface area contributed by atoms with Crippen LogP contribution in [0.2, 0.25) is 0 Å². The molecule has 0 amide bonds. The summed E-state index contributed by atoms with van der Waals surface area (Å²) in [6.07, 6.45) is 0. The minimum absolute atomic E-state index is 0.253. The molecular weight excluding hydrogens is 241 g/mol. The fraction of sp³-hybridized carbons (Fsp3) is 0.167. The number of methoxy groups -OCH3 is 1. The quantitative estimate of drug-likeness (QED) is 0.907. The molecule has 18 heavy (non-hydrogen) atoms. The highest BCUT2D eigenvalue weighted by molar-refractivity contribution is 5.86. The first-order valence-corrected chi connectivity index (χ1v) is 5.07. The molecule has 5 nitrogen and oxygen atoms in total. The molecule has 0 atom stereocenters. The monoisotopic (exact) mass is 251 g/mol. The third-order valence-corrected chi connectivity index (χ3v) is 2.54. The topological polar surface area (TPSA) is 72.6 Å². The van der Waals surface area contributed by atoms with Crippen LogP contribution in [0.15, 0.2) is 22.7 Å². The third kappa shape index (κ3) is 2.04. The van der Waals surface area contributed by atoms with Gasteiger partial charge in [-0.1, -0.05) is 5.16 Å². The zero-order valence-electron chi connectivity index (χ0n) is 9.73. The maximum atomic E-state index is 13.4. The van der Waals surface area contributed by atoms with Gasteiger partial charge in [0.2, 0.25) is 5.76 Å². The van der Waals surface area contributed by atoms with E-state index >= 15 is 0 Å². The summed E-state index contributed by atoms with van der Waals surface area (Å²) < 4.78 is 23.1. The Bertz CT molecular complexity index is 606. The van der Waals surface area contributed by atoms with E-state index in [1.165, 1.54) is 25.3 Å². The Morgan fingerprint density at radius 1 is 1.44 bits per heavy atom. The summed E-state index contributed by atoms with van der Waals surface area (Å²) >= 11 is 0. The van der Waals surface area contributed by atoms with E-state index in [0.717, 1.165) is 0 Å². The predicted octanol–water partition coefficient (Wildman–Crippen LogP) is 2.50. The van der Waals surface area contributed by atoms with Crippen molar-refractivity contribution in [3.05, 3.63) is 35.3 Å². The highest BCUT2D eigenvalue weighted by Crippen LogP contribution is 2.30. The van der Waals surface area contributed by atoms with E-state index in [2.05, 4.69) is 9.68 Å². The number of hydrogen-bond donors (Lipinski definition) is 1. The van der Waals surface area contributed by atoms with Crippen molar-refractivity contribution in [3.8, 4) is 17.0 Å². The van der Waals surface area contributed by atoms with Crippen molar-refractivity contribution in [2.24, 2.45) is 0 Å². The molecule has 0 saturated heterocycles. The normalized spacial score (nSPS) is 10.4. The second kappa shape index (κ2) is 4.48. The number of rotatable bonds is 3. The molecule has 0 saturated carbocycles. The molecule has 0 fully saturated rings. The van der Waals surface area contributed by atoms with Crippen LogP contribution in [0.5, 0.6) is 5.75 Å². The molecule has 0 aliphatic heterocycles. The molecule has 0 aliphatic carbocycles. The third-order valence-electron chi connectivity index (χ3n) is 2.54. The van der Waals surface area contributed by atoms with Gasteiger partial charge in [-0.15, -0.1) is 0 Å². The molecule has 0 spiro atoms. The van der Waals surface area contributed by atoms with Crippen molar-refractivity contribution >= 4 is 5.97 Å². The van der Waals surface area contributed by atoms with E-state index in [9.17, 15) is 9.18 Å². The van der Waals surface area contributed by atoms with Gasteiger partial charge in [0.25, 0.3) is 0 Å². The molecular formula is C12H10FNO4. The summed E-state index contributed by atoms with van der Waals surface area (Å²) in [5, 5.41) is 12.3. The van der Waals surface area contributed by atoms with Crippen molar-refractivity contribution in [2.75, 3.05) is 7.11 Å². The minimum Gasteiger partial charge on any atom is -0.496 e. The van der Waals surface area contributed by atoms with Crippen LogP contribution in [-0.4, -0.2) is 23.3 Å². The van der Waals surface area contributed by atoms with Crippen LogP contribution in [0.25, 0.3) is 11.3 Å². The lowest BCUT2D eigenvalue weighted by Gasteiger charge is -2.08. The van der Waals surface area contributed by atoms with E-state index in [1.54, 1.807) is 6.92 Å². The summed E-state index contributed by atoms with van der Waals surface area (Å²) in [6, 6.07) is 3.74. The standard InChI is InChI=1S/C12H10FNO4/c1-6-8(3-7(13)4-10(6)17-2)9-5-11(12(15)16)18-14-9/h3-5H,1-2H3,(H,15,16). The summed E-state index contributed by atoms with van der Waals surface area (Å²) in [6.45, 7) is 1.72. The molecule has 6 heteroatoms. The zero-order valence-corrected chi connectivity index (χ0v) is 9.73. The highest BCUT2D eigenvalue weighted by atomic mass is 19.1. The van der Waals surface area contributed by atoms with Gasteiger partial charge in [-0.25, -0.2) is 9.18 Å². The maximum Gasteiger partial charge on any atom is 0.374 e. The van der Waals surface area contributed by atoms with Crippen LogP contribution in [0.3, 0.4) is 0 Å². The predicted molar refractivity (Wildman–Crippen MR) is 60.1 cm³/mol. The van der Waals surface area contributed by atoms with Gasteiger partial charge in [0.1, 0.15) is 17.3 Å². The van der Waals surface area contributed by atoms with Gasteiger partial charge in [-0.2, -0.15) is 0 Å². The maximum absolute atomic E-state index is 13.4. The smallest absolute Gasteiger partial charge is 0.374 e. The summed E-state index contributed by atoms with van der Waals surface area (Å²) in [5.41, 5.74) is 1.34. The fourth-order valence-corrected chi connectivity index (χ4v) is 1.64. The van der Waals surface area contributed by atoms with Crippen LogP contribution in [-0.2, 0) is 0 Å². The first-order valence-electron chi connectivity index (χ1n) is 5.07. The minimum atomic E-state index is -1.23. The van der Waals surface area contributed by atoms with E-state index < -0.39 is 11.8 Å². The van der Waals surface area contributed by atoms with Crippen LogP contribution in [0.4, 0.5) is 4.39 Å². The van der Waals surface area contributed by atoms with Crippen LogP contribution in [0.1, 0.15) is 16.1 Å². The molecule has 0 aliphatic rings. The van der Waals surface area contributed by atoms with Gasteiger partial charge in [-0.3, -0.25) is 0 Å². The summed E-state index contributed by atoms with van der Waals surface area (Å²) in [4.78, 5) is 10.7. The Morgan fingerprint density at radius 2 is 2.17 bits per heavy atom. The number of carboxylic acid groups (broad SMARTS) is 1. The van der Waals surface area contributed by atoms with Crippen molar-refractivity contribution < 1.29 is 23.6 Å². The van der Waals surface area contributed by atoms with E-state index in [-0.39, 0.29) is 11.5 Å². The van der Waals surface area contributed by atoms with Crippen molar-refractivity contribution in [1.82, 2.24) is 5.16 Å². The molecule has 0 bridgehead atoms. The molecule has 2 aromatic rings. The second-order valence-corrected chi connectivity index (χ2v) is 3.66. The molecule has 1 heterocycles. The van der Waals surface area contributed by atoms with E-state index in [1.807, 2.05) is 0 Å². The zero-order chi connectivity index (χ0) is 13.3. The largest absolute Gasteiger partial charge is 0.496 e. The Morgan fingerprint density at radius 3 is 2.72 bits per heavy atom. The summed E-state index contributed by atoms with van der Waals surface area (Å²) in [5.74, 6) is -1.65. The Hall–Kier alpha value is -2.37. The molecule has 0 radical (unpaired) electrons. The van der Waals surface area contributed by atoms with Crippen molar-refractivity contribution in [2.45, 2.75) is 6.92 Å². The molecule has 1 aromatic carbocycles. The van der Waals surface area contributed by atoms with Gasteiger partial charge in [0, 0.05) is 23.3 Å². The van der Waals surface area contributed by atoms with Gasteiger partial charge >= 0.3 is 5.97 Å². The molecule has 1 N–H and O–H groups in total. The Balaban J connectivity index is 2.55. The fourth-order valence-electron chi connectivity index (χ4n) is 1.64. The van der Waals surface area contributed by atoms with E-state index in [4.69, 9.17) is 9.84 Å². The number of carbonyl (C=O) groups is 1. The number of hydrogen-bond acceptors (Lipinski definition) is 4. The Labute approximate surface area is 102 Å². The molecule has 0 unspecified atom stereocenters. The lowest BCUT2D eigenvalue weighted by Crippen LogP contribution is -1.93. The second-order valence-electron chi connectivity index (χ2n) is 3.66. The van der Waals surface area contributed by atoms with Crippen molar-refractivity contribution in [1.29, 1.82) is 0 Å². The molecule has 1 aromatic heterocycles. The van der Waals surface area contributed by atoms with Crippen LogP contribution >= 0.6 is 0 Å². The lowest BCUT2D eigenvalue weighted by molar-refractivity contribution is 0.0652. The van der Waals surface area contributed by atoms with Gasteiger partial charge < -0.3 is 14.4 Å². The van der Waals surface area contributed by atoms with Gasteiger partial charge in [0.05, 0.1) is 7.11 Å². The number of benzene rings is 1. The Kier molecular flexibility index (Phi) is 3.01. The first kappa shape index (κ1) is 12.1. The lowest BCUT2D eigenvalue weighted by atomic mass is 10.0. The van der Waals surface area contributed by atoms with Gasteiger partial charge in [0.15, 0.2) is 0 Å². The average molecular weight is 251 g/mol. The SMILES string of the molecule is COc1cc(F)cc(-c2cc(C(=O)O)on2)c1C. The summed E-state index contributed by atoms with van der Waals surface area (Å²) in [7, 11) is 1.43. The van der Waals surface area contributed by atoms with Gasteiger partial charge in [-0.05, 0) is 13.0 Å². The first-order chi connectivity index (χ1) is 8.52. The van der Waals surface area contributed by atoms with Crippen LogP contribution in [0, 0.1) is 12.7 Å². The number of halogens is 1. The number of aromatic nitrogens is 1. The number of aromatic carboxylic acids is 1.